The first-order valence-electron chi connectivity index (χ1n) is 13.8. The molecule has 5 rings (SSSR count). The van der Waals surface area contributed by atoms with Gasteiger partial charge in [0.25, 0.3) is 5.91 Å². The standard InChI is InChI=1S/C31H36F2N6O3/c1-31(2,19-42-4)35-26-7-5-6-25(28(26)38-12-10-37(3)11-13-38)30(41)36-39-27-9-8-20(14-22(27)18-34-39)29(40)21-15-23(32)17-24(33)16-21/h5-9,14-18,29,35,40H,10-13,19H2,1-4H3,(H,36,41). The van der Waals surface area contributed by atoms with Crippen LogP contribution in [0.15, 0.2) is 60.8 Å². The van der Waals surface area contributed by atoms with Crippen LogP contribution in [0.1, 0.15) is 41.4 Å². The molecular weight excluding hydrogens is 542 g/mol. The third-order valence-electron chi connectivity index (χ3n) is 7.39. The molecule has 222 valence electrons. The SMILES string of the molecule is COCC(C)(C)Nc1cccc(C(=O)Nn2ncc3cc(C(O)c4cc(F)cc(F)c4)ccc32)c1N1CCN(C)CC1. The van der Waals surface area contributed by atoms with Gasteiger partial charge < -0.3 is 25.0 Å². The number of fused-ring (bicyclic) bond motifs is 1. The van der Waals surface area contributed by atoms with E-state index < -0.39 is 17.7 Å². The number of methoxy groups -OCH3 is 1. The second-order valence-electron chi connectivity index (χ2n) is 11.4. The highest BCUT2D eigenvalue weighted by Crippen LogP contribution is 2.34. The van der Waals surface area contributed by atoms with E-state index in [2.05, 4.69) is 32.7 Å². The molecule has 4 aromatic rings. The predicted molar refractivity (Wildman–Crippen MR) is 160 cm³/mol. The lowest BCUT2D eigenvalue weighted by Gasteiger charge is -2.37. The molecule has 0 radical (unpaired) electrons. The van der Waals surface area contributed by atoms with E-state index in [1.165, 1.54) is 4.79 Å². The first-order valence-corrected chi connectivity index (χ1v) is 13.8. The highest BCUT2D eigenvalue weighted by Gasteiger charge is 2.27. The molecular formula is C31H36F2N6O3. The molecule has 1 aliphatic rings. The third kappa shape index (κ3) is 6.38. The topological polar surface area (TPSA) is 94.9 Å². The zero-order valence-corrected chi connectivity index (χ0v) is 24.2. The Balaban J connectivity index is 1.44. The molecule has 1 saturated heterocycles. The van der Waals surface area contributed by atoms with Crippen LogP contribution >= 0.6 is 0 Å². The van der Waals surface area contributed by atoms with Gasteiger partial charge in [0.05, 0.1) is 40.8 Å². The summed E-state index contributed by atoms with van der Waals surface area (Å²) in [5.41, 5.74) is 5.82. The van der Waals surface area contributed by atoms with Crippen LogP contribution in [0.5, 0.6) is 0 Å². The van der Waals surface area contributed by atoms with E-state index in [1.807, 2.05) is 26.0 Å². The lowest BCUT2D eigenvalue weighted by Crippen LogP contribution is -2.46. The summed E-state index contributed by atoms with van der Waals surface area (Å²) in [7, 11) is 3.74. The first kappa shape index (κ1) is 29.4. The van der Waals surface area contributed by atoms with Gasteiger partial charge in [0.15, 0.2) is 0 Å². The molecule has 3 N–H and O–H groups in total. The fourth-order valence-corrected chi connectivity index (χ4v) is 5.35. The molecule has 9 nitrogen and oxygen atoms in total. The van der Waals surface area contributed by atoms with Crippen molar-refractivity contribution in [3.8, 4) is 0 Å². The Kier molecular flexibility index (Phi) is 8.44. The quantitative estimate of drug-likeness (QED) is 0.272. The maximum Gasteiger partial charge on any atom is 0.273 e. The summed E-state index contributed by atoms with van der Waals surface area (Å²) in [6.45, 7) is 7.85. The van der Waals surface area contributed by atoms with E-state index in [1.54, 1.807) is 37.6 Å². The normalized spacial score (nSPS) is 15.2. The van der Waals surface area contributed by atoms with E-state index in [0.29, 0.717) is 28.6 Å². The second kappa shape index (κ2) is 12.0. The number of benzene rings is 3. The number of halogens is 2. The monoisotopic (exact) mass is 578 g/mol. The molecule has 1 aliphatic heterocycles. The number of nitrogens with one attached hydrogen (secondary N) is 2. The number of likely N-dealkylation sites (N-methyl/N-ethyl adjacent to an activating group) is 1. The summed E-state index contributed by atoms with van der Waals surface area (Å²) in [6.07, 6.45) is 0.325. The number of aliphatic hydroxyl groups is 1. The Morgan fingerprint density at radius 1 is 1.05 bits per heavy atom. The minimum atomic E-state index is -1.23. The van der Waals surface area contributed by atoms with Crippen LogP contribution in [0.2, 0.25) is 0 Å². The number of aliphatic hydroxyl groups excluding tert-OH is 1. The lowest BCUT2D eigenvalue weighted by molar-refractivity contribution is 0.101. The zero-order valence-electron chi connectivity index (χ0n) is 24.2. The van der Waals surface area contributed by atoms with Gasteiger partial charge in [-0.3, -0.25) is 4.79 Å². The van der Waals surface area contributed by atoms with Crippen LogP contribution < -0.4 is 15.6 Å². The summed E-state index contributed by atoms with van der Waals surface area (Å²) in [5, 5.41) is 19.3. The van der Waals surface area contributed by atoms with Crippen molar-refractivity contribution in [2.24, 2.45) is 0 Å². The molecule has 1 atom stereocenters. The van der Waals surface area contributed by atoms with Gasteiger partial charge in [-0.1, -0.05) is 12.1 Å². The molecule has 1 amide bonds. The second-order valence-corrected chi connectivity index (χ2v) is 11.4. The molecule has 0 saturated carbocycles. The van der Waals surface area contributed by atoms with E-state index in [-0.39, 0.29) is 17.0 Å². The molecule has 3 aromatic carbocycles. The van der Waals surface area contributed by atoms with Gasteiger partial charge >= 0.3 is 0 Å². The first-order chi connectivity index (χ1) is 20.0. The van der Waals surface area contributed by atoms with Crippen molar-refractivity contribution in [3.05, 3.63) is 89.1 Å². The molecule has 1 unspecified atom stereocenters. The summed E-state index contributed by atoms with van der Waals surface area (Å²) in [6, 6.07) is 13.6. The fourth-order valence-electron chi connectivity index (χ4n) is 5.35. The van der Waals surface area contributed by atoms with Crippen molar-refractivity contribution < 1.29 is 23.4 Å². The van der Waals surface area contributed by atoms with Crippen LogP contribution in [-0.4, -0.2) is 78.3 Å². The van der Waals surface area contributed by atoms with Crippen LogP contribution in [0, 0.1) is 11.6 Å². The smallest absolute Gasteiger partial charge is 0.273 e. The van der Waals surface area contributed by atoms with Crippen molar-refractivity contribution in [1.82, 2.24) is 14.8 Å². The Morgan fingerprint density at radius 3 is 2.45 bits per heavy atom. The van der Waals surface area contributed by atoms with Gasteiger partial charge in [0, 0.05) is 44.7 Å². The van der Waals surface area contributed by atoms with Gasteiger partial charge in [0.1, 0.15) is 17.7 Å². The number of ether oxygens (including phenoxy) is 1. The Bertz CT molecular complexity index is 1560. The number of carbonyl (C=O) groups is 1. The summed E-state index contributed by atoms with van der Waals surface area (Å²) in [4.78, 5) is 19.6. The summed E-state index contributed by atoms with van der Waals surface area (Å²) >= 11 is 0. The number of aromatic nitrogens is 2. The molecule has 11 heteroatoms. The molecule has 42 heavy (non-hydrogen) atoms. The third-order valence-corrected chi connectivity index (χ3v) is 7.39. The number of nitrogens with zero attached hydrogens (tertiary/aromatic N) is 4. The maximum atomic E-state index is 13.8. The highest BCUT2D eigenvalue weighted by atomic mass is 19.1. The Morgan fingerprint density at radius 2 is 1.76 bits per heavy atom. The van der Waals surface area contributed by atoms with Crippen LogP contribution in [0.25, 0.3) is 10.9 Å². The summed E-state index contributed by atoms with van der Waals surface area (Å²) in [5.74, 6) is -1.86. The maximum absolute atomic E-state index is 13.8. The van der Waals surface area contributed by atoms with Gasteiger partial charge in [-0.2, -0.15) is 9.89 Å². The average Bonchev–Trinajstić information content (AvgIpc) is 3.34. The average molecular weight is 579 g/mol. The van der Waals surface area contributed by atoms with E-state index in [9.17, 15) is 18.7 Å². The van der Waals surface area contributed by atoms with Crippen molar-refractivity contribution in [2.75, 3.05) is 62.6 Å². The number of carbonyl (C=O) groups excluding carboxylic acids is 1. The van der Waals surface area contributed by atoms with Crippen molar-refractivity contribution in [3.63, 3.8) is 0 Å². The van der Waals surface area contributed by atoms with Gasteiger partial charge in [-0.05, 0) is 68.4 Å². The van der Waals surface area contributed by atoms with Gasteiger partial charge in [-0.15, -0.1) is 0 Å². The summed E-state index contributed by atoms with van der Waals surface area (Å²) < 4.78 is 32.8. The minimum Gasteiger partial charge on any atom is -0.384 e. The Labute approximate surface area is 243 Å². The van der Waals surface area contributed by atoms with Crippen molar-refractivity contribution in [1.29, 1.82) is 0 Å². The highest BCUT2D eigenvalue weighted by molar-refractivity contribution is 6.07. The van der Waals surface area contributed by atoms with Crippen LogP contribution in [0.4, 0.5) is 20.2 Å². The number of amides is 1. The largest absolute Gasteiger partial charge is 0.384 e. The van der Waals surface area contributed by atoms with Crippen LogP contribution in [0.3, 0.4) is 0 Å². The van der Waals surface area contributed by atoms with Crippen LogP contribution in [-0.2, 0) is 4.74 Å². The number of rotatable bonds is 9. The van der Waals surface area contributed by atoms with Gasteiger partial charge in [0.2, 0.25) is 0 Å². The molecule has 0 bridgehead atoms. The van der Waals surface area contributed by atoms with E-state index >= 15 is 0 Å². The zero-order chi connectivity index (χ0) is 30.0. The molecule has 1 aromatic heterocycles. The molecule has 0 spiro atoms. The van der Waals surface area contributed by atoms with Crippen molar-refractivity contribution in [2.45, 2.75) is 25.5 Å². The number of hydrogen-bond acceptors (Lipinski definition) is 7. The number of para-hydroxylation sites is 1. The number of piperazine rings is 1. The molecule has 1 fully saturated rings. The minimum absolute atomic E-state index is 0.103. The number of anilines is 2. The molecule has 2 heterocycles. The number of hydrogen-bond donors (Lipinski definition) is 3. The molecule has 0 aliphatic carbocycles. The van der Waals surface area contributed by atoms with E-state index in [4.69, 9.17) is 4.74 Å². The van der Waals surface area contributed by atoms with Gasteiger partial charge in [-0.25, -0.2) is 14.2 Å². The lowest BCUT2D eigenvalue weighted by atomic mass is 10.0. The Hall–Kier alpha value is -4.06. The van der Waals surface area contributed by atoms with Crippen molar-refractivity contribution >= 4 is 28.2 Å². The van der Waals surface area contributed by atoms with E-state index in [0.717, 1.165) is 55.8 Å². The predicted octanol–water partition coefficient (Wildman–Crippen LogP) is 4.37. The fraction of sp³-hybridized carbons (Fsp3) is 0.355.